The van der Waals surface area contributed by atoms with Crippen molar-refractivity contribution in [2.24, 2.45) is 0 Å². The summed E-state index contributed by atoms with van der Waals surface area (Å²) in [5.41, 5.74) is 1.37. The van der Waals surface area contributed by atoms with E-state index in [9.17, 15) is 22.0 Å². The van der Waals surface area contributed by atoms with Crippen LogP contribution >= 0.6 is 0 Å². The summed E-state index contributed by atoms with van der Waals surface area (Å²) in [5, 5.41) is 2.61. The van der Waals surface area contributed by atoms with Gasteiger partial charge in [-0.05, 0) is 47.5 Å². The minimum Gasteiger partial charge on any atom is -0.322 e. The summed E-state index contributed by atoms with van der Waals surface area (Å²) in [4.78, 5) is 16.1. The molecular formula is C20H16F2N2O3S. The van der Waals surface area contributed by atoms with Gasteiger partial charge >= 0.3 is 0 Å². The van der Waals surface area contributed by atoms with Crippen LogP contribution in [0.5, 0.6) is 0 Å². The Labute approximate surface area is 161 Å². The average Bonchev–Trinajstić information content (AvgIpc) is 2.62. The molecule has 3 aromatic rings. The van der Waals surface area contributed by atoms with Crippen molar-refractivity contribution in [1.29, 1.82) is 0 Å². The lowest BCUT2D eigenvalue weighted by Crippen LogP contribution is -2.12. The summed E-state index contributed by atoms with van der Waals surface area (Å²) in [7, 11) is -3.16. The standard InChI is InChI=1S/C20H16F2N2O3S/c1-28(26,27)12-13-2-4-17(5-3-13)24-20(25)15-8-14(9-16(21)10-15)18-6-7-23-11-19(18)22/h2-11H,12H2,1H3,(H,24,25). The Morgan fingerprint density at radius 2 is 1.79 bits per heavy atom. The molecule has 0 aliphatic carbocycles. The van der Waals surface area contributed by atoms with Crippen LogP contribution in [0.4, 0.5) is 14.5 Å². The van der Waals surface area contributed by atoms with E-state index in [2.05, 4.69) is 10.3 Å². The SMILES string of the molecule is CS(=O)(=O)Cc1ccc(NC(=O)c2cc(F)cc(-c3ccncc3F)c2)cc1. The predicted molar refractivity (Wildman–Crippen MR) is 103 cm³/mol. The molecule has 0 radical (unpaired) electrons. The normalized spacial score (nSPS) is 11.2. The summed E-state index contributed by atoms with van der Waals surface area (Å²) < 4.78 is 50.5. The lowest BCUT2D eigenvalue weighted by atomic mass is 10.0. The van der Waals surface area contributed by atoms with E-state index in [0.717, 1.165) is 24.6 Å². The van der Waals surface area contributed by atoms with Gasteiger partial charge in [-0.2, -0.15) is 0 Å². The number of benzene rings is 2. The molecule has 0 saturated carbocycles. The van der Waals surface area contributed by atoms with Crippen LogP contribution in [0.2, 0.25) is 0 Å². The number of rotatable bonds is 5. The second kappa shape index (κ2) is 7.85. The van der Waals surface area contributed by atoms with Gasteiger partial charge in [-0.15, -0.1) is 0 Å². The van der Waals surface area contributed by atoms with Gasteiger partial charge in [0.25, 0.3) is 5.91 Å². The van der Waals surface area contributed by atoms with Gasteiger partial charge in [-0.1, -0.05) is 12.1 Å². The van der Waals surface area contributed by atoms with Crippen molar-refractivity contribution in [2.75, 3.05) is 11.6 Å². The number of carbonyl (C=O) groups excluding carboxylic acids is 1. The third-order valence-corrected chi connectivity index (χ3v) is 4.74. The number of carbonyl (C=O) groups is 1. The number of halogens is 2. The van der Waals surface area contributed by atoms with Crippen LogP contribution in [-0.2, 0) is 15.6 Å². The van der Waals surface area contributed by atoms with Crippen molar-refractivity contribution >= 4 is 21.4 Å². The number of hydrogen-bond donors (Lipinski definition) is 1. The number of pyridine rings is 1. The van der Waals surface area contributed by atoms with Crippen molar-refractivity contribution in [3.05, 3.63) is 83.7 Å². The van der Waals surface area contributed by atoms with Gasteiger partial charge in [0.1, 0.15) is 11.6 Å². The second-order valence-corrected chi connectivity index (χ2v) is 8.45. The van der Waals surface area contributed by atoms with Gasteiger partial charge in [0.2, 0.25) is 0 Å². The molecule has 0 bridgehead atoms. The van der Waals surface area contributed by atoms with Crippen molar-refractivity contribution in [2.45, 2.75) is 5.75 Å². The van der Waals surface area contributed by atoms with Crippen molar-refractivity contribution in [3.63, 3.8) is 0 Å². The number of anilines is 1. The Kier molecular flexibility index (Phi) is 5.51. The Morgan fingerprint density at radius 1 is 1.07 bits per heavy atom. The second-order valence-electron chi connectivity index (χ2n) is 6.31. The number of nitrogens with one attached hydrogen (secondary N) is 1. The molecule has 1 N–H and O–H groups in total. The maximum absolute atomic E-state index is 14.0. The summed E-state index contributed by atoms with van der Waals surface area (Å²) in [6.45, 7) is 0. The molecule has 144 valence electrons. The first-order valence-corrected chi connectivity index (χ1v) is 10.3. The molecule has 0 unspecified atom stereocenters. The fourth-order valence-electron chi connectivity index (χ4n) is 2.68. The molecular weight excluding hydrogens is 386 g/mol. The first-order valence-electron chi connectivity index (χ1n) is 8.20. The minimum atomic E-state index is -3.16. The van der Waals surface area contributed by atoms with Crippen molar-refractivity contribution < 1.29 is 22.0 Å². The molecule has 2 aromatic carbocycles. The quantitative estimate of drug-likeness (QED) is 0.704. The van der Waals surface area contributed by atoms with Gasteiger partial charge in [0.15, 0.2) is 9.84 Å². The minimum absolute atomic E-state index is 0.0198. The highest BCUT2D eigenvalue weighted by Crippen LogP contribution is 2.24. The first kappa shape index (κ1) is 19.6. The highest BCUT2D eigenvalue weighted by atomic mass is 32.2. The number of hydrogen-bond acceptors (Lipinski definition) is 4. The predicted octanol–water partition coefficient (Wildman–Crippen LogP) is 3.82. The number of aromatic nitrogens is 1. The summed E-state index contributed by atoms with van der Waals surface area (Å²) in [6.07, 6.45) is 3.52. The van der Waals surface area contributed by atoms with Crippen LogP contribution in [0.3, 0.4) is 0 Å². The maximum Gasteiger partial charge on any atom is 0.255 e. The highest BCUT2D eigenvalue weighted by Gasteiger charge is 2.13. The number of amides is 1. The van der Waals surface area contributed by atoms with Crippen LogP contribution in [-0.4, -0.2) is 25.6 Å². The molecule has 0 spiro atoms. The molecule has 1 heterocycles. The van der Waals surface area contributed by atoms with E-state index in [1.807, 2.05) is 0 Å². The zero-order valence-corrected chi connectivity index (χ0v) is 15.6. The molecule has 0 fully saturated rings. The van der Waals surface area contributed by atoms with Gasteiger partial charge in [-0.25, -0.2) is 17.2 Å². The van der Waals surface area contributed by atoms with Gasteiger partial charge in [0.05, 0.1) is 11.9 Å². The molecule has 0 saturated heterocycles. The highest BCUT2D eigenvalue weighted by molar-refractivity contribution is 7.89. The van der Waals surface area contributed by atoms with E-state index in [4.69, 9.17) is 0 Å². The summed E-state index contributed by atoms with van der Waals surface area (Å²) >= 11 is 0. The number of nitrogens with zero attached hydrogens (tertiary/aromatic N) is 1. The van der Waals surface area contributed by atoms with Crippen molar-refractivity contribution in [1.82, 2.24) is 4.98 Å². The molecule has 0 aliphatic rings. The van der Waals surface area contributed by atoms with Crippen LogP contribution in [0, 0.1) is 11.6 Å². The van der Waals surface area contributed by atoms with Gasteiger partial charge < -0.3 is 5.32 Å². The maximum atomic E-state index is 14.0. The fraction of sp³-hybridized carbons (Fsp3) is 0.100. The zero-order valence-electron chi connectivity index (χ0n) is 14.8. The largest absolute Gasteiger partial charge is 0.322 e. The van der Waals surface area contributed by atoms with E-state index >= 15 is 0 Å². The molecule has 1 amide bonds. The van der Waals surface area contributed by atoms with Crippen LogP contribution in [0.25, 0.3) is 11.1 Å². The van der Waals surface area contributed by atoms with Crippen LogP contribution in [0.1, 0.15) is 15.9 Å². The van der Waals surface area contributed by atoms with Gasteiger partial charge in [0, 0.05) is 29.3 Å². The van der Waals surface area contributed by atoms with E-state index in [1.165, 1.54) is 18.3 Å². The molecule has 1 aromatic heterocycles. The van der Waals surface area contributed by atoms with Crippen LogP contribution < -0.4 is 5.32 Å². The topological polar surface area (TPSA) is 76.1 Å². The molecule has 0 aliphatic heterocycles. The van der Waals surface area contributed by atoms with E-state index < -0.39 is 27.4 Å². The average molecular weight is 402 g/mol. The third-order valence-electron chi connectivity index (χ3n) is 3.88. The summed E-state index contributed by atoms with van der Waals surface area (Å²) in [5.74, 6) is -1.99. The van der Waals surface area contributed by atoms with E-state index in [0.29, 0.717) is 11.3 Å². The fourth-order valence-corrected chi connectivity index (χ4v) is 3.47. The molecule has 28 heavy (non-hydrogen) atoms. The third kappa shape index (κ3) is 4.98. The Bertz CT molecular complexity index is 1130. The molecule has 8 heteroatoms. The Hall–Kier alpha value is -3.13. The van der Waals surface area contributed by atoms with Crippen molar-refractivity contribution in [3.8, 4) is 11.1 Å². The Morgan fingerprint density at radius 3 is 2.43 bits per heavy atom. The first-order chi connectivity index (χ1) is 13.2. The van der Waals surface area contributed by atoms with Crippen LogP contribution in [0.15, 0.2) is 60.9 Å². The number of sulfone groups is 1. The molecule has 3 rings (SSSR count). The van der Waals surface area contributed by atoms with E-state index in [1.54, 1.807) is 24.3 Å². The smallest absolute Gasteiger partial charge is 0.255 e. The zero-order chi connectivity index (χ0) is 20.3. The lowest BCUT2D eigenvalue weighted by molar-refractivity contribution is 0.102. The molecule has 5 nitrogen and oxygen atoms in total. The van der Waals surface area contributed by atoms with E-state index in [-0.39, 0.29) is 22.4 Å². The summed E-state index contributed by atoms with van der Waals surface area (Å²) in [6, 6.07) is 11.2. The molecule has 0 atom stereocenters. The monoisotopic (exact) mass is 402 g/mol. The van der Waals surface area contributed by atoms with Gasteiger partial charge in [-0.3, -0.25) is 9.78 Å². The Balaban J connectivity index is 1.82. The lowest BCUT2D eigenvalue weighted by Gasteiger charge is -2.09.